The molecule has 0 spiro atoms. The first-order chi connectivity index (χ1) is 10.4. The van der Waals surface area contributed by atoms with Crippen LogP contribution in [0.1, 0.15) is 43.1 Å². The second-order valence-electron chi connectivity index (χ2n) is 6.80. The maximum atomic E-state index is 12.7. The molecule has 0 atom stereocenters. The molecule has 22 heavy (non-hydrogen) atoms. The number of nitrogens with zero attached hydrogens (tertiary/aromatic N) is 2. The molecule has 2 aromatic carbocycles. The van der Waals surface area contributed by atoms with Gasteiger partial charge in [0.1, 0.15) is 0 Å². The highest BCUT2D eigenvalue weighted by atomic mass is 16.2. The maximum Gasteiger partial charge on any atom is 0.259 e. The summed E-state index contributed by atoms with van der Waals surface area (Å²) in [4.78, 5) is 17.9. The van der Waals surface area contributed by atoms with E-state index in [4.69, 9.17) is 6.57 Å². The van der Waals surface area contributed by atoms with Crippen LogP contribution in [-0.4, -0.2) is 19.0 Å². The fourth-order valence-electron chi connectivity index (χ4n) is 3.23. The van der Waals surface area contributed by atoms with Crippen molar-refractivity contribution in [2.75, 3.05) is 18.0 Å². The molecule has 0 N–H and O–H groups in total. The van der Waals surface area contributed by atoms with Crippen LogP contribution >= 0.6 is 0 Å². The van der Waals surface area contributed by atoms with E-state index in [9.17, 15) is 4.79 Å². The first-order valence-electron chi connectivity index (χ1n) is 7.66. The van der Waals surface area contributed by atoms with E-state index in [1.807, 2.05) is 17.0 Å². The predicted molar refractivity (Wildman–Crippen MR) is 90.4 cm³/mol. The van der Waals surface area contributed by atoms with Crippen LogP contribution in [0.2, 0.25) is 0 Å². The van der Waals surface area contributed by atoms with Gasteiger partial charge in [0, 0.05) is 23.9 Å². The van der Waals surface area contributed by atoms with Gasteiger partial charge in [-0.2, -0.15) is 0 Å². The Balaban J connectivity index is 2.15. The Bertz CT molecular complexity index is 793. The highest BCUT2D eigenvalue weighted by Crippen LogP contribution is 2.41. The van der Waals surface area contributed by atoms with Gasteiger partial charge in [-0.05, 0) is 28.5 Å². The van der Waals surface area contributed by atoms with Gasteiger partial charge in [0.25, 0.3) is 5.91 Å². The zero-order valence-electron chi connectivity index (χ0n) is 13.3. The Morgan fingerprint density at radius 3 is 2.64 bits per heavy atom. The van der Waals surface area contributed by atoms with Gasteiger partial charge in [-0.1, -0.05) is 39.0 Å². The Morgan fingerprint density at radius 2 is 1.95 bits per heavy atom. The van der Waals surface area contributed by atoms with Crippen molar-refractivity contribution in [3.05, 3.63) is 52.9 Å². The fraction of sp³-hybridized carbons (Fsp3) is 0.368. The highest BCUT2D eigenvalue weighted by Gasteiger charge is 2.31. The lowest BCUT2D eigenvalue weighted by molar-refractivity contribution is 0.0993. The lowest BCUT2D eigenvalue weighted by Gasteiger charge is -2.23. The minimum absolute atomic E-state index is 0.0394. The maximum absolute atomic E-state index is 12.7. The molecule has 1 heterocycles. The van der Waals surface area contributed by atoms with Crippen LogP contribution < -0.4 is 4.90 Å². The van der Waals surface area contributed by atoms with Crippen molar-refractivity contribution in [2.24, 2.45) is 0 Å². The van der Waals surface area contributed by atoms with Crippen LogP contribution in [0.3, 0.4) is 0 Å². The number of hydrogen-bond donors (Lipinski definition) is 0. The molecule has 3 heteroatoms. The number of anilines is 1. The minimum Gasteiger partial charge on any atom is -0.317 e. The lowest BCUT2D eigenvalue weighted by Crippen LogP contribution is -2.28. The van der Waals surface area contributed by atoms with Crippen molar-refractivity contribution < 1.29 is 4.79 Å². The molecule has 0 aliphatic carbocycles. The van der Waals surface area contributed by atoms with Crippen molar-refractivity contribution in [3.63, 3.8) is 0 Å². The number of hydrogen-bond acceptors (Lipinski definition) is 1. The summed E-state index contributed by atoms with van der Waals surface area (Å²) in [6, 6.07) is 10.2. The van der Waals surface area contributed by atoms with Gasteiger partial charge in [-0.3, -0.25) is 4.79 Å². The molecule has 0 fully saturated rings. The topological polar surface area (TPSA) is 24.7 Å². The summed E-state index contributed by atoms with van der Waals surface area (Å²) < 4.78 is 0. The summed E-state index contributed by atoms with van der Waals surface area (Å²) in [5.74, 6) is 0.0663. The number of rotatable bonds is 3. The third-order valence-electron chi connectivity index (χ3n) is 4.24. The van der Waals surface area contributed by atoms with Gasteiger partial charge in [-0.15, -0.1) is 0 Å². The zero-order chi connectivity index (χ0) is 15.9. The summed E-state index contributed by atoms with van der Waals surface area (Å²) in [6.45, 7) is 14.5. The van der Waals surface area contributed by atoms with Crippen molar-refractivity contribution in [1.29, 1.82) is 0 Å². The molecule has 0 unspecified atom stereocenters. The summed E-state index contributed by atoms with van der Waals surface area (Å²) in [5.41, 5.74) is 3.09. The molecule has 0 radical (unpaired) electrons. The Morgan fingerprint density at radius 1 is 1.18 bits per heavy atom. The summed E-state index contributed by atoms with van der Waals surface area (Å²) in [6.07, 6.45) is 0.714. The Labute approximate surface area is 131 Å². The molecule has 1 amide bonds. The molecular formula is C19H20N2O. The average Bonchev–Trinajstić information content (AvgIpc) is 2.74. The molecule has 1 aliphatic heterocycles. The molecule has 1 aliphatic rings. The molecule has 3 rings (SSSR count). The molecule has 112 valence electrons. The van der Waals surface area contributed by atoms with Gasteiger partial charge in [0.15, 0.2) is 0 Å². The quantitative estimate of drug-likeness (QED) is 0.607. The molecular weight excluding hydrogens is 272 g/mol. The first-order valence-corrected chi connectivity index (χ1v) is 7.66. The second-order valence-corrected chi connectivity index (χ2v) is 6.80. The van der Waals surface area contributed by atoms with Gasteiger partial charge >= 0.3 is 0 Å². The largest absolute Gasteiger partial charge is 0.317 e. The summed E-state index contributed by atoms with van der Waals surface area (Å²) in [5, 5.41) is 2.24. The number of carbonyl (C=O) groups is 1. The number of amides is 1. The van der Waals surface area contributed by atoms with Gasteiger partial charge < -0.3 is 9.74 Å². The fourth-order valence-corrected chi connectivity index (χ4v) is 3.23. The van der Waals surface area contributed by atoms with E-state index in [1.54, 1.807) is 0 Å². The van der Waals surface area contributed by atoms with Gasteiger partial charge in [0.05, 0.1) is 5.69 Å². The van der Waals surface area contributed by atoms with Crippen LogP contribution in [0.15, 0.2) is 30.3 Å². The van der Waals surface area contributed by atoms with Crippen molar-refractivity contribution >= 4 is 22.4 Å². The molecule has 0 aromatic heterocycles. The number of benzene rings is 2. The van der Waals surface area contributed by atoms with E-state index < -0.39 is 0 Å². The zero-order valence-corrected chi connectivity index (χ0v) is 13.3. The van der Waals surface area contributed by atoms with E-state index in [-0.39, 0.29) is 11.3 Å². The van der Waals surface area contributed by atoms with Crippen molar-refractivity contribution in [1.82, 2.24) is 0 Å². The van der Waals surface area contributed by atoms with Crippen molar-refractivity contribution in [3.8, 4) is 0 Å². The summed E-state index contributed by atoms with van der Waals surface area (Å²) in [7, 11) is 0. The van der Waals surface area contributed by atoms with Crippen LogP contribution in [-0.2, 0) is 5.41 Å². The standard InChI is InChI=1S/C19H20N2O/c1-19(2,3)15-9-10-16-17-13(15)7-5-8-14(17)18(22)21(16)12-6-11-20-4/h5,7-10H,6,11-12H2,1-3H3. The van der Waals surface area contributed by atoms with Crippen LogP contribution in [0, 0.1) is 6.57 Å². The van der Waals surface area contributed by atoms with Crippen molar-refractivity contribution in [2.45, 2.75) is 32.6 Å². The van der Waals surface area contributed by atoms with Gasteiger partial charge in [-0.25, -0.2) is 6.57 Å². The van der Waals surface area contributed by atoms with Crippen LogP contribution in [0.25, 0.3) is 15.6 Å². The van der Waals surface area contributed by atoms with Gasteiger partial charge in [0.2, 0.25) is 6.54 Å². The van der Waals surface area contributed by atoms with E-state index >= 15 is 0 Å². The number of carbonyl (C=O) groups excluding carboxylic acids is 1. The van der Waals surface area contributed by atoms with E-state index in [2.05, 4.69) is 43.8 Å². The summed E-state index contributed by atoms with van der Waals surface area (Å²) >= 11 is 0. The van der Waals surface area contributed by atoms with Crippen LogP contribution in [0.4, 0.5) is 5.69 Å². The SMILES string of the molecule is [C-]#[N+]CCCN1C(=O)c2cccc3c(C(C)(C)C)ccc1c23. The third-order valence-corrected chi connectivity index (χ3v) is 4.24. The minimum atomic E-state index is 0.0394. The second kappa shape index (κ2) is 5.14. The molecule has 2 aromatic rings. The Kier molecular flexibility index (Phi) is 3.41. The monoisotopic (exact) mass is 292 g/mol. The molecule has 0 saturated heterocycles. The lowest BCUT2D eigenvalue weighted by atomic mass is 9.83. The predicted octanol–water partition coefficient (Wildman–Crippen LogP) is 4.41. The smallest absolute Gasteiger partial charge is 0.259 e. The Hall–Kier alpha value is -2.34. The van der Waals surface area contributed by atoms with E-state index in [0.29, 0.717) is 19.5 Å². The molecule has 0 bridgehead atoms. The highest BCUT2D eigenvalue weighted by molar-refractivity contribution is 6.25. The molecule has 3 nitrogen and oxygen atoms in total. The van der Waals surface area contributed by atoms with E-state index in [0.717, 1.165) is 16.6 Å². The van der Waals surface area contributed by atoms with E-state index in [1.165, 1.54) is 10.9 Å². The average molecular weight is 292 g/mol. The van der Waals surface area contributed by atoms with Crippen LogP contribution in [0.5, 0.6) is 0 Å². The molecule has 0 saturated carbocycles. The first kappa shape index (κ1) is 14.6. The normalized spacial score (nSPS) is 13.7. The third kappa shape index (κ3) is 2.16.